The number of phosphoric ester groups is 1. The quantitative estimate of drug-likeness (QED) is 0.0456. The molecule has 0 atom stereocenters. The number of hydrogen-bond donors (Lipinski definition) is 0. The van der Waals surface area contributed by atoms with E-state index in [1.165, 1.54) is 0 Å². The Morgan fingerprint density at radius 2 is 0.887 bits per heavy atom. The topological polar surface area (TPSA) is 72.5 Å². The van der Waals surface area contributed by atoms with Crippen LogP contribution in [0.15, 0.2) is 97.1 Å². The molecule has 5 rings (SSSR count). The predicted octanol–water partition coefficient (Wildman–Crippen LogP) is 11.7. The number of fused-ring (bicyclic) bond motifs is 2. The smallest absolute Gasteiger partial charge is 0.404 e. The number of benzene rings is 5. The summed E-state index contributed by atoms with van der Waals surface area (Å²) >= 11 is 0. The predicted molar refractivity (Wildman–Crippen MR) is 222 cm³/mol. The van der Waals surface area contributed by atoms with E-state index in [4.69, 9.17) is 26.8 Å². The molecule has 0 bridgehead atoms. The molecular formula is C44H53O7PSi. The molecule has 5 aromatic rings. The molecule has 0 fully saturated rings. The van der Waals surface area contributed by atoms with Crippen molar-refractivity contribution < 1.29 is 31.4 Å². The molecule has 280 valence electrons. The van der Waals surface area contributed by atoms with Gasteiger partial charge in [-0.3, -0.25) is 9.05 Å². The molecule has 0 saturated heterocycles. The van der Waals surface area contributed by atoms with Crippen LogP contribution in [0.25, 0.3) is 45.8 Å². The SMILES string of the molecule is CCO[Si](OCC)(OCC)c1ccc(/C=C/c2c3ccccc3c(/C=C/c3ccc(OP(=O)(OC(C)(C)C)OC(C)(C)C)cc3)c3ccccc23)cc1. The first-order chi connectivity index (χ1) is 25.2. The maximum atomic E-state index is 13.6. The summed E-state index contributed by atoms with van der Waals surface area (Å²) in [5, 5.41) is 5.58. The molecule has 0 aromatic heterocycles. The first kappa shape index (κ1) is 40.3. The van der Waals surface area contributed by atoms with Crippen LogP contribution < -0.4 is 9.71 Å². The molecule has 9 heteroatoms. The molecule has 0 spiro atoms. The fraction of sp³-hybridized carbons (Fsp3) is 0.318. The highest BCUT2D eigenvalue weighted by Gasteiger charge is 2.43. The fourth-order valence-corrected chi connectivity index (χ4v) is 10.5. The summed E-state index contributed by atoms with van der Waals surface area (Å²) in [5.41, 5.74) is 2.86. The van der Waals surface area contributed by atoms with Gasteiger partial charge in [-0.1, -0.05) is 109 Å². The molecule has 0 amide bonds. The zero-order chi connectivity index (χ0) is 38.3. The molecular weight excluding hydrogens is 700 g/mol. The van der Waals surface area contributed by atoms with Crippen molar-refractivity contribution in [3.8, 4) is 5.75 Å². The monoisotopic (exact) mass is 752 g/mol. The van der Waals surface area contributed by atoms with E-state index in [0.29, 0.717) is 25.6 Å². The first-order valence-corrected chi connectivity index (χ1v) is 21.5. The van der Waals surface area contributed by atoms with Gasteiger partial charge in [-0.25, -0.2) is 4.57 Å². The van der Waals surface area contributed by atoms with Crippen molar-refractivity contribution in [3.63, 3.8) is 0 Å². The summed E-state index contributed by atoms with van der Waals surface area (Å²) < 4.78 is 49.4. The lowest BCUT2D eigenvalue weighted by atomic mass is 9.91. The molecule has 0 aliphatic rings. The Hall–Kier alpha value is -3.85. The summed E-state index contributed by atoms with van der Waals surface area (Å²) in [5.74, 6) is 0.403. The number of hydrogen-bond acceptors (Lipinski definition) is 7. The third-order valence-corrected chi connectivity index (χ3v) is 13.1. The van der Waals surface area contributed by atoms with Gasteiger partial charge in [-0.2, -0.15) is 0 Å². The highest BCUT2D eigenvalue weighted by Crippen LogP contribution is 2.55. The lowest BCUT2D eigenvalue weighted by molar-refractivity contribution is 0.0224. The van der Waals surface area contributed by atoms with Crippen LogP contribution in [0.3, 0.4) is 0 Å². The van der Waals surface area contributed by atoms with E-state index in [0.717, 1.165) is 49.0 Å². The van der Waals surface area contributed by atoms with Crippen LogP contribution in [-0.4, -0.2) is 39.8 Å². The Balaban J connectivity index is 1.46. The molecule has 0 aliphatic heterocycles. The van der Waals surface area contributed by atoms with Gasteiger partial charge in [0, 0.05) is 25.0 Å². The normalized spacial score (nSPS) is 13.2. The molecule has 7 nitrogen and oxygen atoms in total. The Labute approximate surface area is 316 Å². The average Bonchev–Trinajstić information content (AvgIpc) is 3.09. The first-order valence-electron chi connectivity index (χ1n) is 18.3. The molecule has 5 aromatic carbocycles. The zero-order valence-electron chi connectivity index (χ0n) is 32.5. The van der Waals surface area contributed by atoms with Gasteiger partial charge < -0.3 is 17.8 Å². The molecule has 0 heterocycles. The van der Waals surface area contributed by atoms with Crippen molar-refractivity contribution in [2.24, 2.45) is 0 Å². The van der Waals surface area contributed by atoms with Gasteiger partial charge >= 0.3 is 16.6 Å². The minimum absolute atomic E-state index is 0.403. The van der Waals surface area contributed by atoms with Crippen LogP contribution in [0.5, 0.6) is 5.75 Å². The van der Waals surface area contributed by atoms with Crippen LogP contribution in [0, 0.1) is 0 Å². The lowest BCUT2D eigenvalue weighted by Crippen LogP contribution is -2.56. The van der Waals surface area contributed by atoms with Gasteiger partial charge in [0.15, 0.2) is 0 Å². The maximum Gasteiger partial charge on any atom is 0.537 e. The standard InChI is InChI=1S/C44H53O7PSi/c1-10-46-53(47-11-2,48-12-3)36-29-23-34(24-30-36)26-32-42-39-19-15-13-17-37(39)41(38-18-14-16-20-40(38)42)31-25-33-21-27-35(28-22-33)49-52(45,50-43(4,5)6)51-44(7,8)9/h13-32H,10-12H2,1-9H3/b31-25+,32-26+. The third kappa shape index (κ3) is 10.4. The Kier molecular flexibility index (Phi) is 13.0. The van der Waals surface area contributed by atoms with Crippen LogP contribution in [-0.2, 0) is 26.9 Å². The molecule has 0 saturated carbocycles. The summed E-state index contributed by atoms with van der Waals surface area (Å²) in [4.78, 5) is 0. The van der Waals surface area contributed by atoms with E-state index >= 15 is 0 Å². The lowest BCUT2D eigenvalue weighted by Gasteiger charge is -2.30. The van der Waals surface area contributed by atoms with Gasteiger partial charge in [-0.15, -0.1) is 0 Å². The Morgan fingerprint density at radius 3 is 1.23 bits per heavy atom. The highest BCUT2D eigenvalue weighted by atomic mass is 31.2. The van der Waals surface area contributed by atoms with Crippen molar-refractivity contribution in [1.29, 1.82) is 0 Å². The molecule has 0 aliphatic carbocycles. The van der Waals surface area contributed by atoms with Crippen LogP contribution in [0.4, 0.5) is 0 Å². The van der Waals surface area contributed by atoms with Gasteiger partial charge in [0.25, 0.3) is 0 Å². The van der Waals surface area contributed by atoms with E-state index < -0.39 is 27.8 Å². The fourth-order valence-electron chi connectivity index (χ4n) is 6.15. The van der Waals surface area contributed by atoms with Crippen molar-refractivity contribution in [2.75, 3.05) is 19.8 Å². The zero-order valence-corrected chi connectivity index (χ0v) is 34.4. The second kappa shape index (κ2) is 17.1. The second-order valence-electron chi connectivity index (χ2n) is 14.6. The van der Waals surface area contributed by atoms with E-state index in [1.807, 2.05) is 74.4 Å². The summed E-state index contributed by atoms with van der Waals surface area (Å²) in [6.07, 6.45) is 8.60. The van der Waals surface area contributed by atoms with Gasteiger partial charge in [0.05, 0.1) is 11.2 Å². The molecule has 53 heavy (non-hydrogen) atoms. The highest BCUT2D eigenvalue weighted by molar-refractivity contribution is 7.49. The molecule has 0 unspecified atom stereocenters. The van der Waals surface area contributed by atoms with Crippen molar-refractivity contribution in [1.82, 2.24) is 0 Å². The van der Waals surface area contributed by atoms with E-state index in [1.54, 1.807) is 12.1 Å². The molecule has 0 radical (unpaired) electrons. The summed E-state index contributed by atoms with van der Waals surface area (Å²) in [6.45, 7) is 18.4. The second-order valence-corrected chi connectivity index (χ2v) is 18.6. The molecule has 0 N–H and O–H groups in total. The largest absolute Gasteiger partial charge is 0.537 e. The van der Waals surface area contributed by atoms with Crippen LogP contribution in [0.2, 0.25) is 0 Å². The maximum absolute atomic E-state index is 13.6. The van der Waals surface area contributed by atoms with Crippen molar-refractivity contribution in [2.45, 2.75) is 73.5 Å². The van der Waals surface area contributed by atoms with Gasteiger partial charge in [-0.05, 0) is 118 Å². The van der Waals surface area contributed by atoms with Crippen LogP contribution in [0.1, 0.15) is 84.6 Å². The number of phosphoric acid groups is 1. The Morgan fingerprint density at radius 1 is 0.528 bits per heavy atom. The van der Waals surface area contributed by atoms with E-state index in [2.05, 4.69) is 97.1 Å². The summed E-state index contributed by atoms with van der Waals surface area (Å²) in [6, 6.07) is 32.8. The third-order valence-electron chi connectivity index (χ3n) is 8.04. The van der Waals surface area contributed by atoms with Crippen LogP contribution >= 0.6 is 7.82 Å². The average molecular weight is 753 g/mol. The Bertz CT molecular complexity index is 2000. The van der Waals surface area contributed by atoms with Gasteiger partial charge in [0.2, 0.25) is 0 Å². The minimum atomic E-state index is -3.90. The number of rotatable bonds is 15. The van der Waals surface area contributed by atoms with Crippen molar-refractivity contribution in [3.05, 3.63) is 119 Å². The van der Waals surface area contributed by atoms with E-state index in [-0.39, 0.29) is 0 Å². The summed E-state index contributed by atoms with van der Waals surface area (Å²) in [7, 11) is -6.88. The van der Waals surface area contributed by atoms with E-state index in [9.17, 15) is 4.57 Å². The van der Waals surface area contributed by atoms with Gasteiger partial charge in [0.1, 0.15) is 5.75 Å². The minimum Gasteiger partial charge on any atom is -0.404 e. The van der Waals surface area contributed by atoms with Crippen molar-refractivity contribution >= 4 is 67.7 Å².